The van der Waals surface area contributed by atoms with Crippen molar-refractivity contribution in [1.82, 2.24) is 10.2 Å². The monoisotopic (exact) mass is 307 g/mol. The molecule has 116 valence electrons. The lowest BCUT2D eigenvalue weighted by molar-refractivity contribution is -0.131. The number of nitrogens with one attached hydrogen (secondary N) is 1. The molecule has 21 heavy (non-hydrogen) atoms. The second-order valence-electron chi connectivity index (χ2n) is 6.05. The number of carbonyl (C=O) groups is 1. The Balaban J connectivity index is 1.40. The van der Waals surface area contributed by atoms with Crippen molar-refractivity contribution in [1.29, 1.82) is 0 Å². The van der Waals surface area contributed by atoms with Gasteiger partial charge in [-0.15, -0.1) is 11.3 Å². The highest BCUT2D eigenvalue weighted by atomic mass is 32.1. The molecule has 0 radical (unpaired) electrons. The third-order valence-electron chi connectivity index (χ3n) is 4.68. The van der Waals surface area contributed by atoms with E-state index in [-0.39, 0.29) is 0 Å². The van der Waals surface area contributed by atoms with E-state index in [0.717, 1.165) is 58.0 Å². The van der Waals surface area contributed by atoms with Gasteiger partial charge in [0.25, 0.3) is 0 Å². The molecule has 1 amide bonds. The molecule has 0 unspecified atom stereocenters. The van der Waals surface area contributed by atoms with Crippen LogP contribution in [-0.2, 0) is 4.79 Å². The molecule has 2 fully saturated rings. The zero-order valence-electron chi connectivity index (χ0n) is 12.6. The Hall–Kier alpha value is -1.07. The fourth-order valence-corrected chi connectivity index (χ4v) is 4.07. The lowest BCUT2D eigenvalue weighted by atomic mass is 9.93. The molecule has 0 atom stereocenters. The minimum absolute atomic E-state index is 0.361. The second-order valence-corrected chi connectivity index (χ2v) is 6.98. The molecule has 5 heteroatoms. The summed E-state index contributed by atoms with van der Waals surface area (Å²) >= 11 is 1.78. The molecule has 0 aromatic carbocycles. The van der Waals surface area contributed by atoms with E-state index < -0.39 is 0 Å². The third-order valence-corrected chi connectivity index (χ3v) is 5.60. The van der Waals surface area contributed by atoms with E-state index >= 15 is 0 Å². The minimum Gasteiger partial charge on any atom is -0.360 e. The molecule has 1 aromatic heterocycles. The summed E-state index contributed by atoms with van der Waals surface area (Å²) in [5, 5.41) is 6.83. The highest BCUT2D eigenvalue weighted by Gasteiger charge is 2.22. The number of rotatable bonds is 4. The molecular weight excluding hydrogens is 282 g/mol. The van der Waals surface area contributed by atoms with E-state index in [4.69, 9.17) is 0 Å². The number of nitrogens with zero attached hydrogens (tertiary/aromatic N) is 2. The summed E-state index contributed by atoms with van der Waals surface area (Å²) in [7, 11) is 0. The zero-order chi connectivity index (χ0) is 14.5. The molecule has 2 aliphatic heterocycles. The fourth-order valence-electron chi connectivity index (χ4n) is 3.28. The first-order valence-corrected chi connectivity index (χ1v) is 8.98. The summed E-state index contributed by atoms with van der Waals surface area (Å²) in [6.07, 6.45) is 4.29. The van der Waals surface area contributed by atoms with Crippen LogP contribution < -0.4 is 10.2 Å². The van der Waals surface area contributed by atoms with Crippen LogP contribution in [0.2, 0.25) is 0 Å². The summed E-state index contributed by atoms with van der Waals surface area (Å²) in [4.78, 5) is 16.8. The summed E-state index contributed by atoms with van der Waals surface area (Å²) in [6.45, 7) is 5.95. The summed E-state index contributed by atoms with van der Waals surface area (Å²) in [6, 6.07) is 4.26. The molecule has 1 N–H and O–H groups in total. The fraction of sp³-hybridized carbons (Fsp3) is 0.688. The largest absolute Gasteiger partial charge is 0.360 e. The molecule has 0 bridgehead atoms. The van der Waals surface area contributed by atoms with Gasteiger partial charge in [-0.25, -0.2) is 0 Å². The van der Waals surface area contributed by atoms with Crippen molar-refractivity contribution in [3.63, 3.8) is 0 Å². The van der Waals surface area contributed by atoms with Gasteiger partial charge in [0.15, 0.2) is 0 Å². The van der Waals surface area contributed by atoms with Gasteiger partial charge in [-0.3, -0.25) is 4.79 Å². The zero-order valence-corrected chi connectivity index (χ0v) is 13.4. The van der Waals surface area contributed by atoms with Crippen molar-refractivity contribution < 1.29 is 4.79 Å². The van der Waals surface area contributed by atoms with Crippen molar-refractivity contribution >= 4 is 22.2 Å². The molecule has 2 aliphatic rings. The summed E-state index contributed by atoms with van der Waals surface area (Å²) < 4.78 is 0. The third kappa shape index (κ3) is 3.98. The van der Waals surface area contributed by atoms with E-state index in [1.54, 1.807) is 11.3 Å². The number of carbonyl (C=O) groups excluding carboxylic acids is 1. The number of amides is 1. The van der Waals surface area contributed by atoms with Crippen molar-refractivity contribution in [2.75, 3.05) is 44.2 Å². The maximum atomic E-state index is 12.3. The SMILES string of the molecule is O=C(CCC1CCNCC1)N1CCN(c2cccs2)CC1. The Morgan fingerprint density at radius 3 is 2.67 bits per heavy atom. The van der Waals surface area contributed by atoms with E-state index in [1.165, 1.54) is 17.8 Å². The number of hydrogen-bond donors (Lipinski definition) is 1. The van der Waals surface area contributed by atoms with Gasteiger partial charge in [-0.1, -0.05) is 0 Å². The summed E-state index contributed by atoms with van der Waals surface area (Å²) in [5.74, 6) is 1.11. The first-order chi connectivity index (χ1) is 10.3. The number of anilines is 1. The molecule has 3 rings (SSSR count). The molecule has 0 aliphatic carbocycles. The topological polar surface area (TPSA) is 35.6 Å². The van der Waals surface area contributed by atoms with Crippen molar-refractivity contribution in [2.24, 2.45) is 5.92 Å². The maximum Gasteiger partial charge on any atom is 0.222 e. The quantitative estimate of drug-likeness (QED) is 0.926. The number of piperidine rings is 1. The van der Waals surface area contributed by atoms with Gasteiger partial charge in [0, 0.05) is 32.6 Å². The molecule has 1 aromatic rings. The second kappa shape index (κ2) is 7.27. The van der Waals surface area contributed by atoms with Crippen LogP contribution in [0.25, 0.3) is 0 Å². The predicted octanol–water partition coefficient (Wildman–Crippen LogP) is 2.18. The highest BCUT2D eigenvalue weighted by molar-refractivity contribution is 7.14. The Bertz CT molecular complexity index is 434. The minimum atomic E-state index is 0.361. The highest BCUT2D eigenvalue weighted by Crippen LogP contribution is 2.23. The van der Waals surface area contributed by atoms with Gasteiger partial charge in [-0.05, 0) is 55.8 Å². The van der Waals surface area contributed by atoms with Gasteiger partial charge in [-0.2, -0.15) is 0 Å². The normalized spacial score (nSPS) is 20.8. The average molecular weight is 307 g/mol. The van der Waals surface area contributed by atoms with Crippen LogP contribution >= 0.6 is 11.3 Å². The van der Waals surface area contributed by atoms with Gasteiger partial charge in [0.05, 0.1) is 5.00 Å². The predicted molar refractivity (Wildman–Crippen MR) is 87.9 cm³/mol. The Labute approximate surface area is 131 Å². The molecule has 0 spiro atoms. The average Bonchev–Trinajstić information content (AvgIpc) is 3.08. The lowest BCUT2D eigenvalue weighted by Crippen LogP contribution is -2.48. The molecule has 0 saturated carbocycles. The van der Waals surface area contributed by atoms with Gasteiger partial charge < -0.3 is 15.1 Å². The van der Waals surface area contributed by atoms with Crippen LogP contribution in [0, 0.1) is 5.92 Å². The van der Waals surface area contributed by atoms with Crippen LogP contribution in [0.3, 0.4) is 0 Å². The summed E-state index contributed by atoms with van der Waals surface area (Å²) in [5.41, 5.74) is 0. The van der Waals surface area contributed by atoms with Crippen LogP contribution in [0.5, 0.6) is 0 Å². The van der Waals surface area contributed by atoms with Gasteiger partial charge in [0.1, 0.15) is 0 Å². The van der Waals surface area contributed by atoms with E-state index in [0.29, 0.717) is 5.91 Å². The molecule has 2 saturated heterocycles. The van der Waals surface area contributed by atoms with Crippen LogP contribution in [0.15, 0.2) is 17.5 Å². The molecule has 3 heterocycles. The van der Waals surface area contributed by atoms with Gasteiger partial charge >= 0.3 is 0 Å². The van der Waals surface area contributed by atoms with Crippen LogP contribution in [0.1, 0.15) is 25.7 Å². The first-order valence-electron chi connectivity index (χ1n) is 8.10. The smallest absolute Gasteiger partial charge is 0.222 e. The number of piperazine rings is 1. The first kappa shape index (κ1) is 14.9. The van der Waals surface area contributed by atoms with Crippen LogP contribution in [0.4, 0.5) is 5.00 Å². The van der Waals surface area contributed by atoms with Crippen LogP contribution in [-0.4, -0.2) is 50.1 Å². The Kier molecular flexibility index (Phi) is 5.14. The van der Waals surface area contributed by atoms with Crippen molar-refractivity contribution in [3.05, 3.63) is 17.5 Å². The van der Waals surface area contributed by atoms with E-state index in [2.05, 4.69) is 32.6 Å². The Morgan fingerprint density at radius 1 is 1.24 bits per heavy atom. The van der Waals surface area contributed by atoms with E-state index in [1.807, 2.05) is 0 Å². The van der Waals surface area contributed by atoms with Crippen molar-refractivity contribution in [2.45, 2.75) is 25.7 Å². The lowest BCUT2D eigenvalue weighted by Gasteiger charge is -2.35. The number of hydrogen-bond acceptors (Lipinski definition) is 4. The molecule has 4 nitrogen and oxygen atoms in total. The Morgan fingerprint density at radius 2 is 2.00 bits per heavy atom. The van der Waals surface area contributed by atoms with Crippen molar-refractivity contribution in [3.8, 4) is 0 Å². The molecular formula is C16H25N3OS. The van der Waals surface area contributed by atoms with Gasteiger partial charge in [0.2, 0.25) is 5.91 Å². The van der Waals surface area contributed by atoms with E-state index in [9.17, 15) is 4.79 Å². The standard InChI is InChI=1S/C16H25N3OS/c20-15(4-3-14-5-7-17-8-6-14)18-9-11-19(12-10-18)16-2-1-13-21-16/h1-2,13-14,17H,3-12H2. The maximum absolute atomic E-state index is 12.3. The number of thiophene rings is 1.